The van der Waals surface area contributed by atoms with Crippen LogP contribution in [0.2, 0.25) is 0 Å². The van der Waals surface area contributed by atoms with Gasteiger partial charge in [0.2, 0.25) is 0 Å². The van der Waals surface area contributed by atoms with Crippen molar-refractivity contribution < 1.29 is 9.59 Å². The molecule has 0 fully saturated rings. The molecule has 0 bridgehead atoms. The lowest BCUT2D eigenvalue weighted by Gasteiger charge is -2.09. The normalized spacial score (nSPS) is 12.5. The smallest absolute Gasteiger partial charge is 0.256 e. The van der Waals surface area contributed by atoms with Crippen molar-refractivity contribution in [2.75, 3.05) is 11.1 Å². The molecule has 1 aromatic heterocycles. The van der Waals surface area contributed by atoms with E-state index in [0.717, 1.165) is 14.7 Å². The summed E-state index contributed by atoms with van der Waals surface area (Å²) in [5, 5.41) is 6.19. The number of amides is 2. The summed E-state index contributed by atoms with van der Waals surface area (Å²) >= 11 is 2.84. The lowest BCUT2D eigenvalue weighted by molar-refractivity contribution is 0.0949. The van der Waals surface area contributed by atoms with Crippen molar-refractivity contribution in [3.05, 3.63) is 64.7 Å². The standard InChI is InChI=1S/C18H14N4O2S2/c19-18-21-9-11(25-18)8-20-16(23)10-5-6-15-13(7-10)22-17(24)12-3-1-2-4-14(12)26-15/h1-7,9H,8H2,(H2,19,21)(H,20,23)(H,22,24). The minimum Gasteiger partial charge on any atom is -0.375 e. The second-order valence-electron chi connectivity index (χ2n) is 5.61. The Kier molecular flexibility index (Phi) is 4.36. The Balaban J connectivity index is 1.55. The topological polar surface area (TPSA) is 97.1 Å². The highest BCUT2D eigenvalue weighted by Gasteiger charge is 2.20. The quantitative estimate of drug-likeness (QED) is 0.645. The highest BCUT2D eigenvalue weighted by molar-refractivity contribution is 7.99. The van der Waals surface area contributed by atoms with Gasteiger partial charge in [0.05, 0.1) is 17.8 Å². The van der Waals surface area contributed by atoms with Crippen molar-refractivity contribution >= 4 is 45.7 Å². The Labute approximate surface area is 157 Å². The maximum atomic E-state index is 12.4. The summed E-state index contributed by atoms with van der Waals surface area (Å²) in [5.41, 5.74) is 7.33. The molecule has 2 heterocycles. The lowest BCUT2D eigenvalue weighted by Crippen LogP contribution is -2.22. The highest BCUT2D eigenvalue weighted by Crippen LogP contribution is 2.38. The molecule has 4 rings (SSSR count). The number of anilines is 2. The fraction of sp³-hybridized carbons (Fsp3) is 0.0556. The summed E-state index contributed by atoms with van der Waals surface area (Å²) in [7, 11) is 0. The van der Waals surface area contributed by atoms with E-state index in [4.69, 9.17) is 5.73 Å². The van der Waals surface area contributed by atoms with Crippen molar-refractivity contribution in [1.29, 1.82) is 0 Å². The van der Waals surface area contributed by atoms with Crippen LogP contribution in [0.15, 0.2) is 58.5 Å². The molecule has 0 saturated heterocycles. The first-order valence-electron chi connectivity index (χ1n) is 7.81. The molecule has 4 N–H and O–H groups in total. The number of carbonyl (C=O) groups is 2. The lowest BCUT2D eigenvalue weighted by atomic mass is 10.1. The number of hydrogen-bond acceptors (Lipinski definition) is 6. The number of carbonyl (C=O) groups excluding carboxylic acids is 2. The molecule has 1 aliphatic rings. The van der Waals surface area contributed by atoms with Gasteiger partial charge in [-0.25, -0.2) is 4.98 Å². The third-order valence-corrected chi connectivity index (χ3v) is 5.81. The van der Waals surface area contributed by atoms with Gasteiger partial charge in [-0.2, -0.15) is 0 Å². The first kappa shape index (κ1) is 16.6. The third kappa shape index (κ3) is 3.29. The molecule has 2 amide bonds. The van der Waals surface area contributed by atoms with Gasteiger partial charge >= 0.3 is 0 Å². The van der Waals surface area contributed by atoms with E-state index in [-0.39, 0.29) is 11.8 Å². The molecule has 6 nitrogen and oxygen atoms in total. The zero-order valence-corrected chi connectivity index (χ0v) is 15.1. The number of rotatable bonds is 3. The van der Waals surface area contributed by atoms with Crippen molar-refractivity contribution in [3.8, 4) is 0 Å². The van der Waals surface area contributed by atoms with E-state index in [1.807, 2.05) is 24.3 Å². The van der Waals surface area contributed by atoms with Gasteiger partial charge in [0.25, 0.3) is 11.8 Å². The maximum absolute atomic E-state index is 12.4. The van der Waals surface area contributed by atoms with Crippen LogP contribution in [0.5, 0.6) is 0 Å². The Morgan fingerprint density at radius 3 is 2.85 bits per heavy atom. The van der Waals surface area contributed by atoms with Crippen LogP contribution in [0.3, 0.4) is 0 Å². The number of benzene rings is 2. The van der Waals surface area contributed by atoms with Crippen LogP contribution in [-0.4, -0.2) is 16.8 Å². The summed E-state index contributed by atoms with van der Waals surface area (Å²) in [6.45, 7) is 0.358. The number of nitrogens with one attached hydrogen (secondary N) is 2. The van der Waals surface area contributed by atoms with Crippen LogP contribution in [-0.2, 0) is 6.54 Å². The van der Waals surface area contributed by atoms with Gasteiger partial charge in [-0.1, -0.05) is 23.9 Å². The molecular weight excluding hydrogens is 368 g/mol. The number of fused-ring (bicyclic) bond motifs is 2. The fourth-order valence-electron chi connectivity index (χ4n) is 2.58. The molecular formula is C18H14N4O2S2. The van der Waals surface area contributed by atoms with E-state index in [9.17, 15) is 9.59 Å². The molecule has 0 saturated carbocycles. The van der Waals surface area contributed by atoms with Gasteiger partial charge in [0.1, 0.15) is 0 Å². The first-order valence-corrected chi connectivity index (χ1v) is 9.44. The molecule has 0 radical (unpaired) electrons. The molecule has 26 heavy (non-hydrogen) atoms. The highest BCUT2D eigenvalue weighted by atomic mass is 32.2. The maximum Gasteiger partial charge on any atom is 0.256 e. The van der Waals surface area contributed by atoms with Gasteiger partial charge in [0, 0.05) is 26.4 Å². The summed E-state index contributed by atoms with van der Waals surface area (Å²) in [6, 6.07) is 12.7. The predicted molar refractivity (Wildman–Crippen MR) is 103 cm³/mol. The first-order chi connectivity index (χ1) is 12.6. The zero-order chi connectivity index (χ0) is 18.1. The van der Waals surface area contributed by atoms with Gasteiger partial charge in [0.15, 0.2) is 5.13 Å². The average molecular weight is 382 g/mol. The Morgan fingerprint density at radius 2 is 2.04 bits per heavy atom. The van der Waals surface area contributed by atoms with Crippen molar-refractivity contribution in [2.45, 2.75) is 16.3 Å². The second kappa shape index (κ2) is 6.81. The molecule has 130 valence electrons. The molecule has 1 aliphatic heterocycles. The number of hydrogen-bond donors (Lipinski definition) is 3. The van der Waals surface area contributed by atoms with Crippen LogP contribution in [0.4, 0.5) is 10.8 Å². The Bertz CT molecular complexity index is 1020. The molecule has 3 aromatic rings. The van der Waals surface area contributed by atoms with E-state index in [1.165, 1.54) is 23.1 Å². The SMILES string of the molecule is Nc1ncc(CNC(=O)c2ccc3c(c2)NC(=O)c2ccccc2S3)s1. The van der Waals surface area contributed by atoms with E-state index in [1.54, 1.807) is 24.4 Å². The molecule has 0 atom stereocenters. The number of nitrogens with zero attached hydrogens (tertiary/aromatic N) is 1. The van der Waals surface area contributed by atoms with E-state index in [0.29, 0.717) is 28.5 Å². The third-order valence-electron chi connectivity index (χ3n) is 3.84. The predicted octanol–water partition coefficient (Wildman–Crippen LogP) is 3.37. The van der Waals surface area contributed by atoms with Gasteiger partial charge < -0.3 is 16.4 Å². The largest absolute Gasteiger partial charge is 0.375 e. The number of nitrogen functional groups attached to an aromatic ring is 1. The number of aromatic nitrogens is 1. The number of nitrogens with two attached hydrogens (primary N) is 1. The van der Waals surface area contributed by atoms with E-state index < -0.39 is 0 Å². The summed E-state index contributed by atoms with van der Waals surface area (Å²) in [4.78, 5) is 31.5. The molecule has 0 unspecified atom stereocenters. The van der Waals surface area contributed by atoms with Crippen LogP contribution < -0.4 is 16.4 Å². The van der Waals surface area contributed by atoms with Crippen molar-refractivity contribution in [3.63, 3.8) is 0 Å². The monoisotopic (exact) mass is 382 g/mol. The molecule has 0 spiro atoms. The Morgan fingerprint density at radius 1 is 1.19 bits per heavy atom. The van der Waals surface area contributed by atoms with E-state index in [2.05, 4.69) is 15.6 Å². The van der Waals surface area contributed by atoms with Crippen LogP contribution >= 0.6 is 23.1 Å². The van der Waals surface area contributed by atoms with Gasteiger partial charge in [-0.05, 0) is 30.3 Å². The van der Waals surface area contributed by atoms with Gasteiger partial charge in [-0.15, -0.1) is 11.3 Å². The molecule has 2 aromatic carbocycles. The summed E-state index contributed by atoms with van der Waals surface area (Å²) in [6.07, 6.45) is 1.64. The number of thiazole rings is 1. The fourth-order valence-corrected chi connectivity index (χ4v) is 4.22. The average Bonchev–Trinajstić information content (AvgIpc) is 3.00. The summed E-state index contributed by atoms with van der Waals surface area (Å²) in [5.74, 6) is -0.398. The van der Waals surface area contributed by atoms with Crippen molar-refractivity contribution in [1.82, 2.24) is 10.3 Å². The summed E-state index contributed by atoms with van der Waals surface area (Å²) < 4.78 is 0. The van der Waals surface area contributed by atoms with E-state index >= 15 is 0 Å². The molecule has 0 aliphatic carbocycles. The zero-order valence-electron chi connectivity index (χ0n) is 13.5. The minimum atomic E-state index is -0.221. The van der Waals surface area contributed by atoms with Crippen LogP contribution in [0, 0.1) is 0 Å². The van der Waals surface area contributed by atoms with Gasteiger partial charge in [-0.3, -0.25) is 9.59 Å². The van der Waals surface area contributed by atoms with Crippen LogP contribution in [0.25, 0.3) is 0 Å². The minimum absolute atomic E-state index is 0.176. The Hall–Kier alpha value is -2.84. The second-order valence-corrected chi connectivity index (χ2v) is 7.84. The van der Waals surface area contributed by atoms with Crippen molar-refractivity contribution in [2.24, 2.45) is 0 Å². The van der Waals surface area contributed by atoms with Crippen LogP contribution in [0.1, 0.15) is 25.6 Å². The molecule has 8 heteroatoms.